The Bertz CT molecular complexity index is 614. The zero-order chi connectivity index (χ0) is 15.6. The van der Waals surface area contributed by atoms with Gasteiger partial charge in [-0.05, 0) is 29.5 Å². The summed E-state index contributed by atoms with van der Waals surface area (Å²) < 4.78 is 38.0. The van der Waals surface area contributed by atoms with Crippen LogP contribution in [0.1, 0.15) is 24.4 Å². The van der Waals surface area contributed by atoms with Gasteiger partial charge in [-0.3, -0.25) is 4.90 Å². The van der Waals surface area contributed by atoms with E-state index in [1.54, 1.807) is 0 Å². The fraction of sp³-hybridized carbons (Fsp3) is 0.500. The number of halogens is 3. The van der Waals surface area contributed by atoms with Crippen molar-refractivity contribution >= 4 is 10.9 Å². The Balaban J connectivity index is 1.85. The van der Waals surface area contributed by atoms with E-state index in [9.17, 15) is 13.2 Å². The third-order valence-electron chi connectivity index (χ3n) is 4.26. The lowest BCUT2D eigenvalue weighted by Gasteiger charge is -2.35. The van der Waals surface area contributed by atoms with E-state index in [4.69, 9.17) is 0 Å². The second-order valence-electron chi connectivity index (χ2n) is 5.78. The number of nitrogens with zero attached hydrogens (tertiary/aromatic N) is 1. The minimum Gasteiger partial charge on any atom is -0.361 e. The summed E-state index contributed by atoms with van der Waals surface area (Å²) in [6.07, 6.45) is -2.90. The molecule has 0 unspecified atom stereocenters. The summed E-state index contributed by atoms with van der Waals surface area (Å²) in [5.41, 5.74) is 1.94. The topological polar surface area (TPSA) is 31.1 Å². The molecule has 3 nitrogen and oxygen atoms in total. The maximum atomic E-state index is 12.7. The maximum absolute atomic E-state index is 12.7. The number of benzene rings is 1. The monoisotopic (exact) mass is 311 g/mol. The number of fused-ring (bicyclic) bond motifs is 1. The Labute approximate surface area is 127 Å². The molecule has 0 radical (unpaired) electrons. The van der Waals surface area contributed by atoms with Gasteiger partial charge in [0.2, 0.25) is 0 Å². The molecule has 0 saturated carbocycles. The third-order valence-corrected chi connectivity index (χ3v) is 4.26. The highest BCUT2D eigenvalue weighted by Crippen LogP contribution is 2.32. The molecule has 2 aromatic rings. The van der Waals surface area contributed by atoms with E-state index in [2.05, 4.69) is 15.2 Å². The summed E-state index contributed by atoms with van der Waals surface area (Å²) in [4.78, 5) is 5.30. The summed E-state index contributed by atoms with van der Waals surface area (Å²) >= 11 is 0. The van der Waals surface area contributed by atoms with Crippen LogP contribution in [0.15, 0.2) is 30.5 Å². The van der Waals surface area contributed by atoms with Crippen molar-refractivity contribution in [2.45, 2.75) is 25.1 Å². The second kappa shape index (κ2) is 6.30. The Hall–Kier alpha value is -1.53. The van der Waals surface area contributed by atoms with Crippen molar-refractivity contribution in [1.82, 2.24) is 15.2 Å². The van der Waals surface area contributed by atoms with Crippen molar-refractivity contribution in [3.63, 3.8) is 0 Å². The number of piperazine rings is 1. The number of aromatic nitrogens is 1. The standard InChI is InChI=1S/C16H20F3N3/c17-16(18,19)5-3-15(22-9-7-20-8-10-22)13-2-1-12-4-6-21-14(12)11-13/h1-2,4,6,11,15,20-21H,3,5,7-10H2/t15-/m1/s1. The molecule has 0 amide bonds. The SMILES string of the molecule is FC(F)(F)CC[C@H](c1ccc2cc[nH]c2c1)N1CCNCC1. The van der Waals surface area contributed by atoms with E-state index >= 15 is 0 Å². The third kappa shape index (κ3) is 3.62. The summed E-state index contributed by atoms with van der Waals surface area (Å²) in [5.74, 6) is 0. The molecular formula is C16H20F3N3. The number of rotatable bonds is 4. The van der Waals surface area contributed by atoms with Crippen LogP contribution in [-0.4, -0.2) is 42.2 Å². The largest absolute Gasteiger partial charge is 0.389 e. The quantitative estimate of drug-likeness (QED) is 0.906. The average molecular weight is 311 g/mol. The summed E-state index contributed by atoms with van der Waals surface area (Å²) in [5, 5.41) is 4.33. The van der Waals surface area contributed by atoms with Gasteiger partial charge in [-0.2, -0.15) is 13.2 Å². The van der Waals surface area contributed by atoms with Crippen molar-refractivity contribution in [3.05, 3.63) is 36.0 Å². The Morgan fingerprint density at radius 1 is 1.14 bits per heavy atom. The lowest BCUT2D eigenvalue weighted by molar-refractivity contribution is -0.138. The number of hydrogen-bond acceptors (Lipinski definition) is 2. The van der Waals surface area contributed by atoms with E-state index in [0.29, 0.717) is 0 Å². The molecule has 1 fully saturated rings. The number of alkyl halides is 3. The number of nitrogens with one attached hydrogen (secondary N) is 2. The van der Waals surface area contributed by atoms with Gasteiger partial charge in [0.15, 0.2) is 0 Å². The molecule has 1 aromatic heterocycles. The minimum atomic E-state index is -4.11. The van der Waals surface area contributed by atoms with E-state index in [1.807, 2.05) is 30.5 Å². The minimum absolute atomic E-state index is 0.107. The van der Waals surface area contributed by atoms with Crippen LogP contribution < -0.4 is 5.32 Å². The highest BCUT2D eigenvalue weighted by molar-refractivity contribution is 5.79. The fourth-order valence-electron chi connectivity index (χ4n) is 3.13. The lowest BCUT2D eigenvalue weighted by Crippen LogP contribution is -2.45. The lowest BCUT2D eigenvalue weighted by atomic mass is 9.98. The molecule has 1 aliphatic rings. The molecule has 120 valence electrons. The summed E-state index contributed by atoms with van der Waals surface area (Å²) in [6, 6.07) is 7.70. The summed E-state index contributed by atoms with van der Waals surface area (Å²) in [6.45, 7) is 3.22. The summed E-state index contributed by atoms with van der Waals surface area (Å²) in [7, 11) is 0. The molecule has 22 heavy (non-hydrogen) atoms. The highest BCUT2D eigenvalue weighted by Gasteiger charge is 2.31. The Morgan fingerprint density at radius 2 is 1.91 bits per heavy atom. The molecule has 2 N–H and O–H groups in total. The highest BCUT2D eigenvalue weighted by atomic mass is 19.4. The first-order valence-electron chi connectivity index (χ1n) is 7.61. The molecule has 1 atom stereocenters. The predicted octanol–water partition coefficient (Wildman–Crippen LogP) is 3.46. The van der Waals surface area contributed by atoms with Gasteiger partial charge in [-0.1, -0.05) is 12.1 Å². The molecule has 6 heteroatoms. The molecule has 1 saturated heterocycles. The van der Waals surface area contributed by atoms with Crippen molar-refractivity contribution in [2.75, 3.05) is 26.2 Å². The number of H-pyrrole nitrogens is 1. The van der Waals surface area contributed by atoms with E-state index in [0.717, 1.165) is 42.6 Å². The van der Waals surface area contributed by atoms with Gasteiger partial charge >= 0.3 is 6.18 Å². The molecular weight excluding hydrogens is 291 g/mol. The first kappa shape index (κ1) is 15.4. The van der Waals surface area contributed by atoms with Crippen LogP contribution in [0.4, 0.5) is 13.2 Å². The molecule has 3 rings (SSSR count). The smallest absolute Gasteiger partial charge is 0.361 e. The first-order valence-corrected chi connectivity index (χ1v) is 7.61. The number of aromatic amines is 1. The van der Waals surface area contributed by atoms with Gasteiger partial charge in [0, 0.05) is 50.4 Å². The van der Waals surface area contributed by atoms with Crippen molar-refractivity contribution < 1.29 is 13.2 Å². The van der Waals surface area contributed by atoms with Gasteiger partial charge in [0.1, 0.15) is 0 Å². The molecule has 1 aromatic carbocycles. The zero-order valence-corrected chi connectivity index (χ0v) is 12.3. The van der Waals surface area contributed by atoms with Crippen molar-refractivity contribution in [1.29, 1.82) is 0 Å². The van der Waals surface area contributed by atoms with Crippen LogP contribution >= 0.6 is 0 Å². The molecule has 0 bridgehead atoms. The molecule has 0 spiro atoms. The van der Waals surface area contributed by atoms with Crippen molar-refractivity contribution in [2.24, 2.45) is 0 Å². The van der Waals surface area contributed by atoms with E-state index in [-0.39, 0.29) is 12.5 Å². The average Bonchev–Trinajstić information content (AvgIpc) is 2.95. The zero-order valence-electron chi connectivity index (χ0n) is 12.3. The van der Waals surface area contributed by atoms with Crippen LogP contribution in [0, 0.1) is 0 Å². The van der Waals surface area contributed by atoms with Crippen LogP contribution in [0.25, 0.3) is 10.9 Å². The predicted molar refractivity (Wildman–Crippen MR) is 80.8 cm³/mol. The molecule has 1 aliphatic heterocycles. The van der Waals surface area contributed by atoms with Crippen LogP contribution in [0.3, 0.4) is 0 Å². The van der Waals surface area contributed by atoms with Crippen LogP contribution in [-0.2, 0) is 0 Å². The normalized spacial score (nSPS) is 18.7. The first-order chi connectivity index (χ1) is 10.5. The second-order valence-corrected chi connectivity index (χ2v) is 5.78. The van der Waals surface area contributed by atoms with Gasteiger partial charge in [-0.15, -0.1) is 0 Å². The van der Waals surface area contributed by atoms with Crippen molar-refractivity contribution in [3.8, 4) is 0 Å². The van der Waals surface area contributed by atoms with Gasteiger partial charge in [0.25, 0.3) is 0 Å². The van der Waals surface area contributed by atoms with Crippen LogP contribution in [0.2, 0.25) is 0 Å². The Kier molecular flexibility index (Phi) is 4.40. The van der Waals surface area contributed by atoms with Gasteiger partial charge in [0.05, 0.1) is 0 Å². The number of hydrogen-bond donors (Lipinski definition) is 2. The van der Waals surface area contributed by atoms with Gasteiger partial charge in [-0.25, -0.2) is 0 Å². The van der Waals surface area contributed by atoms with E-state index < -0.39 is 12.6 Å². The van der Waals surface area contributed by atoms with Crippen LogP contribution in [0.5, 0.6) is 0 Å². The van der Waals surface area contributed by atoms with Gasteiger partial charge < -0.3 is 10.3 Å². The fourth-order valence-corrected chi connectivity index (χ4v) is 3.13. The molecule has 0 aliphatic carbocycles. The molecule has 2 heterocycles. The van der Waals surface area contributed by atoms with E-state index in [1.165, 1.54) is 0 Å². The maximum Gasteiger partial charge on any atom is 0.389 e. The Morgan fingerprint density at radius 3 is 2.64 bits per heavy atom.